The molecular weight excluding hydrogens is 348 g/mol. The molecule has 0 spiro atoms. The van der Waals surface area contributed by atoms with Crippen molar-refractivity contribution in [2.24, 2.45) is 0 Å². The number of halogens is 2. The van der Waals surface area contributed by atoms with E-state index in [1.807, 2.05) is 6.07 Å². The number of aromatic nitrogens is 3. The maximum Gasteiger partial charge on any atom is 0.240 e. The molecule has 8 heteroatoms. The highest BCUT2D eigenvalue weighted by atomic mass is 79.9. The number of carbonyl (C=O) groups is 1. The molecule has 1 N–H and O–H groups in total. The second-order valence-electron chi connectivity index (χ2n) is 4.09. The maximum atomic E-state index is 11.9. The predicted octanol–water partition coefficient (Wildman–Crippen LogP) is 1.70. The fraction of sp³-hybridized carbons (Fsp3) is 0.417. The Morgan fingerprint density at radius 3 is 3.10 bits per heavy atom. The van der Waals surface area contributed by atoms with Gasteiger partial charge in [-0.2, -0.15) is 0 Å². The highest BCUT2D eigenvalue weighted by molar-refractivity contribution is 9.10. The number of pyridine rings is 1. The van der Waals surface area contributed by atoms with Crippen LogP contribution in [0.2, 0.25) is 0 Å². The third kappa shape index (κ3) is 3.47. The Kier molecular flexibility index (Phi) is 5.33. The van der Waals surface area contributed by atoms with E-state index in [1.165, 1.54) is 0 Å². The van der Waals surface area contributed by atoms with Crippen molar-refractivity contribution in [1.29, 1.82) is 0 Å². The van der Waals surface area contributed by atoms with Crippen LogP contribution < -0.4 is 5.32 Å². The van der Waals surface area contributed by atoms with E-state index < -0.39 is 0 Å². The van der Waals surface area contributed by atoms with Gasteiger partial charge < -0.3 is 14.6 Å². The fourth-order valence-corrected chi connectivity index (χ4v) is 2.32. The zero-order chi connectivity index (χ0) is 14.5. The van der Waals surface area contributed by atoms with Gasteiger partial charge >= 0.3 is 0 Å². The van der Waals surface area contributed by atoms with Gasteiger partial charge in [0.25, 0.3) is 0 Å². The van der Waals surface area contributed by atoms with Crippen LogP contribution in [0.5, 0.6) is 0 Å². The molecule has 1 amide bonds. The summed E-state index contributed by atoms with van der Waals surface area (Å²) in [6, 6.07) is 1.84. The lowest BCUT2D eigenvalue weighted by molar-refractivity contribution is -0.121. The minimum Gasteiger partial charge on any atom is -0.383 e. The number of nitrogens with zero attached hydrogens (tertiary/aromatic N) is 3. The molecule has 0 aliphatic rings. The first kappa shape index (κ1) is 15.2. The molecule has 0 aromatic carbocycles. The van der Waals surface area contributed by atoms with E-state index >= 15 is 0 Å². The van der Waals surface area contributed by atoms with Gasteiger partial charge in [-0.15, -0.1) is 11.6 Å². The summed E-state index contributed by atoms with van der Waals surface area (Å²) in [5, 5.41) is 2.76. The SMILES string of the molecule is COCCNC(=O)Cn1c(CCl)nc2cc(Br)cnc21. The van der Waals surface area contributed by atoms with Crippen LogP contribution in [-0.2, 0) is 22.0 Å². The number of amides is 1. The molecule has 20 heavy (non-hydrogen) atoms. The molecule has 0 radical (unpaired) electrons. The average molecular weight is 362 g/mol. The van der Waals surface area contributed by atoms with Gasteiger partial charge in [0.15, 0.2) is 5.65 Å². The average Bonchev–Trinajstić information content (AvgIpc) is 2.76. The van der Waals surface area contributed by atoms with Crippen LogP contribution in [0.15, 0.2) is 16.7 Å². The van der Waals surface area contributed by atoms with Crippen LogP contribution in [0.1, 0.15) is 5.82 Å². The second-order valence-corrected chi connectivity index (χ2v) is 5.27. The minimum absolute atomic E-state index is 0.127. The van der Waals surface area contributed by atoms with Gasteiger partial charge in [-0.25, -0.2) is 9.97 Å². The van der Waals surface area contributed by atoms with Crippen molar-refractivity contribution in [3.63, 3.8) is 0 Å². The number of fused-ring (bicyclic) bond motifs is 1. The number of alkyl halides is 1. The molecule has 2 aromatic heterocycles. The summed E-state index contributed by atoms with van der Waals surface area (Å²) >= 11 is 9.22. The highest BCUT2D eigenvalue weighted by Gasteiger charge is 2.14. The van der Waals surface area contributed by atoms with Crippen molar-refractivity contribution >= 4 is 44.6 Å². The summed E-state index contributed by atoms with van der Waals surface area (Å²) in [6.07, 6.45) is 1.67. The number of rotatable bonds is 6. The summed E-state index contributed by atoms with van der Waals surface area (Å²) < 4.78 is 7.44. The lowest BCUT2D eigenvalue weighted by Crippen LogP contribution is -2.30. The van der Waals surface area contributed by atoms with Crippen LogP contribution in [0.25, 0.3) is 11.2 Å². The van der Waals surface area contributed by atoms with Gasteiger partial charge in [0, 0.05) is 24.3 Å². The number of hydrogen-bond acceptors (Lipinski definition) is 4. The number of ether oxygens (including phenoxy) is 1. The number of imidazole rings is 1. The molecule has 6 nitrogen and oxygen atoms in total. The molecule has 0 saturated heterocycles. The number of carbonyl (C=O) groups excluding carboxylic acids is 1. The van der Waals surface area contributed by atoms with Crippen molar-refractivity contribution in [3.05, 3.63) is 22.6 Å². The zero-order valence-electron chi connectivity index (χ0n) is 10.9. The smallest absolute Gasteiger partial charge is 0.240 e. The van der Waals surface area contributed by atoms with E-state index in [0.717, 1.165) is 4.47 Å². The summed E-state index contributed by atoms with van der Waals surface area (Å²) in [7, 11) is 1.59. The van der Waals surface area contributed by atoms with Crippen molar-refractivity contribution in [2.75, 3.05) is 20.3 Å². The van der Waals surface area contributed by atoms with Gasteiger partial charge in [0.2, 0.25) is 5.91 Å². The molecule has 2 rings (SSSR count). The van der Waals surface area contributed by atoms with Crippen molar-refractivity contribution < 1.29 is 9.53 Å². The summed E-state index contributed by atoms with van der Waals surface area (Å²) in [6.45, 7) is 1.08. The molecule has 0 bridgehead atoms. The van der Waals surface area contributed by atoms with Crippen LogP contribution in [0, 0.1) is 0 Å². The Balaban J connectivity index is 2.21. The van der Waals surface area contributed by atoms with Gasteiger partial charge in [-0.1, -0.05) is 0 Å². The molecule has 0 fully saturated rings. The van der Waals surface area contributed by atoms with Crippen LogP contribution in [0.3, 0.4) is 0 Å². The molecule has 0 atom stereocenters. The first-order chi connectivity index (χ1) is 9.65. The Morgan fingerprint density at radius 1 is 1.60 bits per heavy atom. The molecule has 0 unspecified atom stereocenters. The van der Waals surface area contributed by atoms with Crippen molar-refractivity contribution in [1.82, 2.24) is 19.9 Å². The second kappa shape index (κ2) is 7.01. The quantitative estimate of drug-likeness (QED) is 0.628. The number of nitrogens with one attached hydrogen (secondary N) is 1. The van der Waals surface area contributed by atoms with Crippen molar-refractivity contribution in [3.8, 4) is 0 Å². The Morgan fingerprint density at radius 2 is 2.40 bits per heavy atom. The normalized spacial score (nSPS) is 10.9. The minimum atomic E-state index is -0.127. The topological polar surface area (TPSA) is 69.0 Å². The zero-order valence-corrected chi connectivity index (χ0v) is 13.2. The summed E-state index contributed by atoms with van der Waals surface area (Å²) in [4.78, 5) is 20.5. The molecule has 0 saturated carbocycles. The summed E-state index contributed by atoms with van der Waals surface area (Å²) in [5.74, 6) is 0.714. The summed E-state index contributed by atoms with van der Waals surface area (Å²) in [5.41, 5.74) is 1.35. The first-order valence-corrected chi connectivity index (χ1v) is 7.30. The van der Waals surface area contributed by atoms with E-state index in [4.69, 9.17) is 16.3 Å². The Bertz CT molecular complexity index is 617. The Labute approximate surface area is 129 Å². The van der Waals surface area contributed by atoms with Crippen LogP contribution >= 0.6 is 27.5 Å². The van der Waals surface area contributed by atoms with E-state index in [2.05, 4.69) is 31.2 Å². The van der Waals surface area contributed by atoms with Crippen LogP contribution in [0.4, 0.5) is 0 Å². The van der Waals surface area contributed by atoms with Gasteiger partial charge in [-0.3, -0.25) is 4.79 Å². The largest absolute Gasteiger partial charge is 0.383 e. The first-order valence-electron chi connectivity index (χ1n) is 5.98. The predicted molar refractivity (Wildman–Crippen MR) is 79.7 cm³/mol. The monoisotopic (exact) mass is 360 g/mol. The van der Waals surface area contributed by atoms with Crippen molar-refractivity contribution in [2.45, 2.75) is 12.4 Å². The third-order valence-electron chi connectivity index (χ3n) is 2.68. The van der Waals surface area contributed by atoms with Gasteiger partial charge in [-0.05, 0) is 22.0 Å². The lowest BCUT2D eigenvalue weighted by atomic mass is 10.4. The molecule has 0 aliphatic heterocycles. The van der Waals surface area contributed by atoms with E-state index in [1.54, 1.807) is 17.9 Å². The molecule has 2 aromatic rings. The molecular formula is C12H14BrClN4O2. The third-order valence-corrected chi connectivity index (χ3v) is 3.35. The molecule has 108 valence electrons. The van der Waals surface area contributed by atoms with Gasteiger partial charge in [0.05, 0.1) is 12.5 Å². The standard InChI is InChI=1S/C12H14BrClN4O2/c1-20-3-2-15-11(19)7-18-10(5-14)17-9-4-8(13)6-16-12(9)18/h4,6H,2-3,5,7H2,1H3,(H,15,19). The number of hydrogen-bond donors (Lipinski definition) is 1. The van der Waals surface area contributed by atoms with Crippen LogP contribution in [-0.4, -0.2) is 40.7 Å². The number of methoxy groups -OCH3 is 1. The van der Waals surface area contributed by atoms with E-state index in [-0.39, 0.29) is 18.3 Å². The maximum absolute atomic E-state index is 11.9. The fourth-order valence-electron chi connectivity index (χ4n) is 1.79. The Hall–Kier alpha value is -1.18. The van der Waals surface area contributed by atoms with E-state index in [0.29, 0.717) is 30.1 Å². The molecule has 0 aliphatic carbocycles. The lowest BCUT2D eigenvalue weighted by Gasteiger charge is -2.08. The van der Waals surface area contributed by atoms with Gasteiger partial charge in [0.1, 0.15) is 17.9 Å². The highest BCUT2D eigenvalue weighted by Crippen LogP contribution is 2.19. The van der Waals surface area contributed by atoms with E-state index in [9.17, 15) is 4.79 Å². The molecule has 2 heterocycles.